The lowest BCUT2D eigenvalue weighted by Gasteiger charge is -2.03. The summed E-state index contributed by atoms with van der Waals surface area (Å²) in [5.41, 5.74) is 18.4. The Kier molecular flexibility index (Phi) is 1.94. The van der Waals surface area contributed by atoms with Gasteiger partial charge in [-0.2, -0.15) is 4.98 Å². The molecule has 0 unspecified atom stereocenters. The molecule has 0 spiro atoms. The standard InChI is InChI=1S/C9H11N5/c10-4-5-1-2-6-7(3-5)13-9(12)14-8(6)11/h1-3H,4,10H2,(H4,11,12,13,14). The Morgan fingerprint density at radius 3 is 2.64 bits per heavy atom. The minimum absolute atomic E-state index is 0.184. The van der Waals surface area contributed by atoms with E-state index in [0.717, 1.165) is 16.5 Å². The lowest BCUT2D eigenvalue weighted by molar-refractivity contribution is 1.07. The Hall–Kier alpha value is -1.88. The number of fused-ring (bicyclic) bond motifs is 1. The second kappa shape index (κ2) is 3.12. The molecule has 0 aliphatic heterocycles. The number of nitrogens with two attached hydrogens (primary N) is 3. The maximum Gasteiger partial charge on any atom is 0.222 e. The molecule has 1 aromatic carbocycles. The molecule has 0 saturated heterocycles. The molecule has 5 heteroatoms. The van der Waals surface area contributed by atoms with E-state index in [9.17, 15) is 0 Å². The predicted octanol–water partition coefficient (Wildman–Crippen LogP) is 0.253. The zero-order valence-electron chi connectivity index (χ0n) is 7.57. The average Bonchev–Trinajstić information content (AvgIpc) is 2.16. The maximum atomic E-state index is 5.69. The van der Waals surface area contributed by atoms with Crippen molar-refractivity contribution in [3.05, 3.63) is 23.8 Å². The first kappa shape index (κ1) is 8.71. The minimum atomic E-state index is 0.184. The number of aromatic nitrogens is 2. The Morgan fingerprint density at radius 2 is 1.93 bits per heavy atom. The summed E-state index contributed by atoms with van der Waals surface area (Å²) in [4.78, 5) is 7.95. The lowest BCUT2D eigenvalue weighted by Crippen LogP contribution is -2.02. The van der Waals surface area contributed by atoms with E-state index in [4.69, 9.17) is 17.2 Å². The van der Waals surface area contributed by atoms with Gasteiger partial charge < -0.3 is 17.2 Å². The highest BCUT2D eigenvalue weighted by molar-refractivity contribution is 5.89. The van der Waals surface area contributed by atoms with Gasteiger partial charge in [-0.3, -0.25) is 0 Å². The number of nitrogen functional groups attached to an aromatic ring is 2. The van der Waals surface area contributed by atoms with Crippen molar-refractivity contribution in [2.24, 2.45) is 5.73 Å². The van der Waals surface area contributed by atoms with E-state index in [0.29, 0.717) is 12.4 Å². The van der Waals surface area contributed by atoms with Crippen LogP contribution in [0.25, 0.3) is 10.9 Å². The van der Waals surface area contributed by atoms with Crippen LogP contribution in [0.1, 0.15) is 5.56 Å². The number of rotatable bonds is 1. The summed E-state index contributed by atoms with van der Waals surface area (Å²) in [6.07, 6.45) is 0. The first-order valence-electron chi connectivity index (χ1n) is 4.22. The molecule has 0 amide bonds. The monoisotopic (exact) mass is 189 g/mol. The van der Waals surface area contributed by atoms with Crippen molar-refractivity contribution in [3.63, 3.8) is 0 Å². The third kappa shape index (κ3) is 1.33. The van der Waals surface area contributed by atoms with Crippen molar-refractivity contribution in [1.29, 1.82) is 0 Å². The summed E-state index contributed by atoms with van der Waals surface area (Å²) in [5.74, 6) is 0.584. The molecule has 72 valence electrons. The summed E-state index contributed by atoms with van der Waals surface area (Å²) < 4.78 is 0. The van der Waals surface area contributed by atoms with Gasteiger partial charge in [-0.05, 0) is 17.7 Å². The number of hydrogen-bond acceptors (Lipinski definition) is 5. The summed E-state index contributed by atoms with van der Waals surface area (Å²) in [6.45, 7) is 0.472. The first-order valence-corrected chi connectivity index (χ1v) is 4.22. The summed E-state index contributed by atoms with van der Waals surface area (Å²) in [7, 11) is 0. The molecule has 0 fully saturated rings. The van der Waals surface area contributed by atoms with Gasteiger partial charge in [-0.1, -0.05) is 6.07 Å². The first-order chi connectivity index (χ1) is 6.70. The Morgan fingerprint density at radius 1 is 1.14 bits per heavy atom. The number of hydrogen-bond donors (Lipinski definition) is 3. The molecular weight excluding hydrogens is 178 g/mol. The molecule has 5 nitrogen and oxygen atoms in total. The van der Waals surface area contributed by atoms with Crippen molar-refractivity contribution in [2.75, 3.05) is 11.5 Å². The van der Waals surface area contributed by atoms with Crippen LogP contribution >= 0.6 is 0 Å². The molecule has 0 bridgehead atoms. The Labute approximate surface area is 80.9 Å². The SMILES string of the molecule is NCc1ccc2c(N)nc(N)nc2c1. The van der Waals surface area contributed by atoms with Crippen molar-refractivity contribution in [2.45, 2.75) is 6.54 Å². The van der Waals surface area contributed by atoms with Gasteiger partial charge in [0.05, 0.1) is 5.52 Å². The molecule has 0 radical (unpaired) electrons. The molecule has 14 heavy (non-hydrogen) atoms. The maximum absolute atomic E-state index is 5.69. The highest BCUT2D eigenvalue weighted by Crippen LogP contribution is 2.19. The van der Waals surface area contributed by atoms with Gasteiger partial charge in [0.25, 0.3) is 0 Å². The van der Waals surface area contributed by atoms with E-state index in [1.165, 1.54) is 0 Å². The van der Waals surface area contributed by atoms with Crippen molar-refractivity contribution >= 4 is 22.7 Å². The van der Waals surface area contributed by atoms with Crippen LogP contribution in [0, 0.1) is 0 Å². The van der Waals surface area contributed by atoms with Crippen LogP contribution in [0.5, 0.6) is 0 Å². The molecule has 2 rings (SSSR count). The molecule has 6 N–H and O–H groups in total. The normalized spacial score (nSPS) is 10.6. The molecule has 1 heterocycles. The lowest BCUT2D eigenvalue weighted by atomic mass is 10.1. The molecule has 1 aromatic heterocycles. The molecule has 0 atom stereocenters. The fourth-order valence-corrected chi connectivity index (χ4v) is 1.35. The van der Waals surface area contributed by atoms with Crippen LogP contribution in [0.3, 0.4) is 0 Å². The zero-order chi connectivity index (χ0) is 10.1. The molecule has 2 aromatic rings. The van der Waals surface area contributed by atoms with Crippen LogP contribution in [-0.4, -0.2) is 9.97 Å². The van der Waals surface area contributed by atoms with E-state index in [1.54, 1.807) is 0 Å². The summed E-state index contributed by atoms with van der Waals surface area (Å²) >= 11 is 0. The summed E-state index contributed by atoms with van der Waals surface area (Å²) in [6, 6.07) is 5.62. The van der Waals surface area contributed by atoms with Crippen LogP contribution in [0.15, 0.2) is 18.2 Å². The second-order valence-electron chi connectivity index (χ2n) is 3.02. The van der Waals surface area contributed by atoms with Gasteiger partial charge in [-0.15, -0.1) is 0 Å². The zero-order valence-corrected chi connectivity index (χ0v) is 7.57. The quantitative estimate of drug-likeness (QED) is 0.596. The van der Waals surface area contributed by atoms with Gasteiger partial charge >= 0.3 is 0 Å². The van der Waals surface area contributed by atoms with Crippen LogP contribution in [0.2, 0.25) is 0 Å². The Bertz CT molecular complexity index is 480. The fraction of sp³-hybridized carbons (Fsp3) is 0.111. The largest absolute Gasteiger partial charge is 0.383 e. The topological polar surface area (TPSA) is 104 Å². The van der Waals surface area contributed by atoms with Crippen LogP contribution < -0.4 is 17.2 Å². The molecular formula is C9H11N5. The van der Waals surface area contributed by atoms with Crippen molar-refractivity contribution in [3.8, 4) is 0 Å². The van der Waals surface area contributed by atoms with Gasteiger partial charge in [0.15, 0.2) is 0 Å². The number of benzene rings is 1. The van der Waals surface area contributed by atoms with E-state index in [2.05, 4.69) is 9.97 Å². The van der Waals surface area contributed by atoms with Gasteiger partial charge in [0.1, 0.15) is 5.82 Å². The summed E-state index contributed by atoms with van der Waals surface area (Å²) in [5, 5.41) is 0.802. The number of nitrogens with zero attached hydrogens (tertiary/aromatic N) is 2. The van der Waals surface area contributed by atoms with E-state index >= 15 is 0 Å². The van der Waals surface area contributed by atoms with Crippen molar-refractivity contribution < 1.29 is 0 Å². The molecule has 0 aliphatic rings. The van der Waals surface area contributed by atoms with Gasteiger partial charge in [0.2, 0.25) is 5.95 Å². The smallest absolute Gasteiger partial charge is 0.222 e. The second-order valence-corrected chi connectivity index (χ2v) is 3.02. The van der Waals surface area contributed by atoms with Crippen LogP contribution in [0.4, 0.5) is 11.8 Å². The van der Waals surface area contributed by atoms with E-state index in [1.807, 2.05) is 18.2 Å². The minimum Gasteiger partial charge on any atom is -0.383 e. The Balaban J connectivity index is 2.75. The third-order valence-corrected chi connectivity index (χ3v) is 2.04. The molecule has 0 aliphatic carbocycles. The third-order valence-electron chi connectivity index (χ3n) is 2.04. The van der Waals surface area contributed by atoms with Gasteiger partial charge in [0, 0.05) is 11.9 Å². The van der Waals surface area contributed by atoms with E-state index in [-0.39, 0.29) is 5.95 Å². The van der Waals surface area contributed by atoms with Gasteiger partial charge in [-0.25, -0.2) is 4.98 Å². The highest BCUT2D eigenvalue weighted by atomic mass is 15.0. The van der Waals surface area contributed by atoms with Crippen molar-refractivity contribution in [1.82, 2.24) is 9.97 Å². The van der Waals surface area contributed by atoms with E-state index < -0.39 is 0 Å². The predicted molar refractivity (Wildman–Crippen MR) is 56.3 cm³/mol. The highest BCUT2D eigenvalue weighted by Gasteiger charge is 2.03. The average molecular weight is 189 g/mol. The fourth-order valence-electron chi connectivity index (χ4n) is 1.35. The molecule has 0 saturated carbocycles. The van der Waals surface area contributed by atoms with Crippen LogP contribution in [-0.2, 0) is 6.54 Å². The number of anilines is 2.